The Morgan fingerprint density at radius 1 is 1.09 bits per heavy atom. The number of rotatable bonds is 3. The first-order chi connectivity index (χ1) is 10.2. The van der Waals surface area contributed by atoms with Gasteiger partial charge < -0.3 is 15.6 Å². The largest absolute Gasteiger partial charge is 0.573 e. The average Bonchev–Trinajstić information content (AvgIpc) is 2.43. The van der Waals surface area contributed by atoms with Crippen molar-refractivity contribution in [1.29, 1.82) is 0 Å². The van der Waals surface area contributed by atoms with E-state index in [4.69, 9.17) is 5.73 Å². The third-order valence-corrected chi connectivity index (χ3v) is 3.66. The van der Waals surface area contributed by atoms with Crippen LogP contribution in [0.1, 0.15) is 17.2 Å². The van der Waals surface area contributed by atoms with E-state index in [1.807, 2.05) is 0 Å². The lowest BCUT2D eigenvalue weighted by Gasteiger charge is -2.16. The fraction of sp³-hybridized carbons (Fsp3) is 0.143. The molecular formula is C14H11BrClF4NO2. The SMILES string of the molecule is Cl.N[C@@H](c1ccc(OC(F)(F)F)cc1)c1ccc(F)c(Br)c1O. The van der Waals surface area contributed by atoms with Crippen LogP contribution in [0, 0.1) is 5.82 Å². The Bertz CT molecular complexity index is 680. The lowest BCUT2D eigenvalue weighted by molar-refractivity contribution is -0.274. The van der Waals surface area contributed by atoms with Gasteiger partial charge in [0.1, 0.15) is 17.3 Å². The van der Waals surface area contributed by atoms with Crippen molar-refractivity contribution in [3.63, 3.8) is 0 Å². The van der Waals surface area contributed by atoms with Gasteiger partial charge in [0, 0.05) is 5.56 Å². The van der Waals surface area contributed by atoms with E-state index in [0.717, 1.165) is 18.2 Å². The number of alkyl halides is 3. The third-order valence-electron chi connectivity index (χ3n) is 2.91. The van der Waals surface area contributed by atoms with Gasteiger partial charge in [-0.05, 0) is 39.7 Å². The number of ether oxygens (including phenoxy) is 1. The maximum absolute atomic E-state index is 13.3. The average molecular weight is 417 g/mol. The van der Waals surface area contributed by atoms with Crippen molar-refractivity contribution in [3.05, 3.63) is 57.8 Å². The monoisotopic (exact) mass is 415 g/mol. The second-order valence-electron chi connectivity index (χ2n) is 4.39. The third kappa shape index (κ3) is 4.73. The number of phenolic OH excluding ortho intramolecular Hbond substituents is 1. The molecule has 3 nitrogen and oxygen atoms in total. The van der Waals surface area contributed by atoms with Crippen LogP contribution in [0.4, 0.5) is 17.6 Å². The van der Waals surface area contributed by atoms with Crippen molar-refractivity contribution in [2.75, 3.05) is 0 Å². The standard InChI is InChI=1S/C14H10BrF4NO2.ClH/c15-11-10(16)6-5-9(13(11)21)12(20)7-1-3-8(4-2-7)22-14(17,18)19;/h1-6,12,21H,20H2;1H/t12-;/m0./s1. The molecule has 0 amide bonds. The molecule has 0 fully saturated rings. The smallest absolute Gasteiger partial charge is 0.506 e. The van der Waals surface area contributed by atoms with E-state index in [0.29, 0.717) is 5.56 Å². The van der Waals surface area contributed by atoms with E-state index in [1.54, 1.807) is 0 Å². The molecule has 0 spiro atoms. The second kappa shape index (κ2) is 7.37. The summed E-state index contributed by atoms with van der Waals surface area (Å²) in [6, 6.07) is 6.48. The molecule has 3 N–H and O–H groups in total. The summed E-state index contributed by atoms with van der Waals surface area (Å²) in [5, 5.41) is 9.88. The van der Waals surface area contributed by atoms with Crippen molar-refractivity contribution < 1.29 is 27.4 Å². The molecule has 0 saturated carbocycles. The van der Waals surface area contributed by atoms with Crippen LogP contribution in [0.25, 0.3) is 0 Å². The molecule has 1 atom stereocenters. The summed E-state index contributed by atoms with van der Waals surface area (Å²) in [7, 11) is 0. The Hall–Kier alpha value is -1.51. The zero-order chi connectivity index (χ0) is 16.5. The summed E-state index contributed by atoms with van der Waals surface area (Å²) >= 11 is 2.89. The first-order valence-electron chi connectivity index (χ1n) is 5.97. The lowest BCUT2D eigenvalue weighted by atomic mass is 9.98. The van der Waals surface area contributed by atoms with Gasteiger partial charge in [-0.2, -0.15) is 0 Å². The zero-order valence-corrected chi connectivity index (χ0v) is 13.7. The van der Waals surface area contributed by atoms with Crippen molar-refractivity contribution in [3.8, 4) is 11.5 Å². The second-order valence-corrected chi connectivity index (χ2v) is 5.19. The van der Waals surface area contributed by atoms with Gasteiger partial charge in [-0.3, -0.25) is 0 Å². The molecule has 0 heterocycles. The molecule has 9 heteroatoms. The highest BCUT2D eigenvalue weighted by atomic mass is 79.9. The summed E-state index contributed by atoms with van der Waals surface area (Å²) in [5.41, 5.74) is 6.61. The minimum atomic E-state index is -4.77. The van der Waals surface area contributed by atoms with Crippen LogP contribution in [-0.2, 0) is 0 Å². The van der Waals surface area contributed by atoms with Crippen LogP contribution in [-0.4, -0.2) is 11.5 Å². The van der Waals surface area contributed by atoms with E-state index in [2.05, 4.69) is 20.7 Å². The minimum absolute atomic E-state index is 0. The molecule has 0 aromatic heterocycles. The Morgan fingerprint density at radius 2 is 1.65 bits per heavy atom. The summed E-state index contributed by atoms with van der Waals surface area (Å²) in [6.07, 6.45) is -4.77. The topological polar surface area (TPSA) is 55.5 Å². The van der Waals surface area contributed by atoms with Crippen LogP contribution in [0.15, 0.2) is 40.9 Å². The predicted octanol–water partition coefficient (Wildman–Crippen LogP) is 4.66. The van der Waals surface area contributed by atoms with Crippen molar-refractivity contribution in [2.45, 2.75) is 12.4 Å². The molecule has 23 heavy (non-hydrogen) atoms. The number of hydrogen-bond acceptors (Lipinski definition) is 3. The Labute approximate surface area is 143 Å². The van der Waals surface area contributed by atoms with E-state index in [9.17, 15) is 22.7 Å². The van der Waals surface area contributed by atoms with Gasteiger partial charge in [-0.1, -0.05) is 18.2 Å². The van der Waals surface area contributed by atoms with Crippen LogP contribution in [0.5, 0.6) is 11.5 Å². The van der Waals surface area contributed by atoms with Crippen LogP contribution in [0.2, 0.25) is 0 Å². The predicted molar refractivity (Wildman–Crippen MR) is 82.2 cm³/mol. The van der Waals surface area contributed by atoms with Gasteiger partial charge >= 0.3 is 6.36 Å². The molecule has 0 aliphatic carbocycles. The molecule has 126 valence electrons. The van der Waals surface area contributed by atoms with E-state index >= 15 is 0 Å². The van der Waals surface area contributed by atoms with Crippen molar-refractivity contribution in [2.24, 2.45) is 5.73 Å². The highest BCUT2D eigenvalue weighted by molar-refractivity contribution is 9.10. The quantitative estimate of drug-likeness (QED) is 0.716. The summed E-state index contributed by atoms with van der Waals surface area (Å²) in [6.45, 7) is 0. The molecule has 0 aliphatic heterocycles. The van der Waals surface area contributed by atoms with Gasteiger partial charge in [-0.25, -0.2) is 4.39 Å². The Balaban J connectivity index is 0.00000264. The van der Waals surface area contributed by atoms with Crippen molar-refractivity contribution >= 4 is 28.3 Å². The first kappa shape index (κ1) is 19.5. The highest BCUT2D eigenvalue weighted by Gasteiger charge is 2.31. The van der Waals surface area contributed by atoms with Gasteiger partial charge in [0.25, 0.3) is 0 Å². The van der Waals surface area contributed by atoms with Crippen LogP contribution >= 0.6 is 28.3 Å². The van der Waals surface area contributed by atoms with Crippen LogP contribution in [0.3, 0.4) is 0 Å². The Morgan fingerprint density at radius 3 is 2.17 bits per heavy atom. The normalized spacial score (nSPS) is 12.4. The number of halogens is 6. The Kier molecular flexibility index (Phi) is 6.26. The highest BCUT2D eigenvalue weighted by Crippen LogP contribution is 2.36. The van der Waals surface area contributed by atoms with Gasteiger partial charge in [0.2, 0.25) is 0 Å². The van der Waals surface area contributed by atoms with Gasteiger partial charge in [0.15, 0.2) is 0 Å². The molecule has 0 aliphatic rings. The minimum Gasteiger partial charge on any atom is -0.506 e. The molecule has 2 aromatic carbocycles. The van der Waals surface area contributed by atoms with Gasteiger partial charge in [-0.15, -0.1) is 25.6 Å². The van der Waals surface area contributed by atoms with E-state index in [1.165, 1.54) is 18.2 Å². The number of aromatic hydroxyl groups is 1. The summed E-state index contributed by atoms with van der Waals surface area (Å²) in [4.78, 5) is 0. The molecule has 0 bridgehead atoms. The maximum Gasteiger partial charge on any atom is 0.573 e. The molecule has 2 rings (SSSR count). The number of benzene rings is 2. The van der Waals surface area contributed by atoms with Crippen LogP contribution < -0.4 is 10.5 Å². The van der Waals surface area contributed by atoms with E-state index < -0.39 is 18.2 Å². The maximum atomic E-state index is 13.3. The summed E-state index contributed by atoms with van der Waals surface area (Å²) < 4.78 is 53.1. The number of nitrogens with two attached hydrogens (primary N) is 1. The number of hydrogen-bond donors (Lipinski definition) is 2. The molecule has 0 saturated heterocycles. The van der Waals surface area contributed by atoms with Gasteiger partial charge in [0.05, 0.1) is 10.5 Å². The lowest BCUT2D eigenvalue weighted by Crippen LogP contribution is -2.17. The molecule has 0 unspecified atom stereocenters. The number of phenols is 1. The fourth-order valence-corrected chi connectivity index (χ4v) is 2.22. The molecular weight excluding hydrogens is 406 g/mol. The zero-order valence-electron chi connectivity index (χ0n) is 11.3. The van der Waals surface area contributed by atoms with Crippen molar-refractivity contribution in [1.82, 2.24) is 0 Å². The first-order valence-corrected chi connectivity index (χ1v) is 6.76. The van der Waals surface area contributed by atoms with E-state index in [-0.39, 0.29) is 33.9 Å². The molecule has 0 radical (unpaired) electrons. The molecule has 2 aromatic rings. The summed E-state index contributed by atoms with van der Waals surface area (Å²) in [5.74, 6) is -1.39. The fourth-order valence-electron chi connectivity index (χ4n) is 1.86.